The van der Waals surface area contributed by atoms with E-state index in [1.165, 1.54) is 83.5 Å². The van der Waals surface area contributed by atoms with E-state index in [2.05, 4.69) is 13.8 Å². The first-order valence-corrected chi connectivity index (χ1v) is 7.71. The van der Waals surface area contributed by atoms with Gasteiger partial charge in [-0.2, -0.15) is 6.42 Å². The Labute approximate surface area is 140 Å². The van der Waals surface area contributed by atoms with Gasteiger partial charge in [0, 0.05) is 19.5 Å². The van der Waals surface area contributed by atoms with Crippen LogP contribution in [-0.4, -0.2) is 0 Å². The molecule has 0 N–H and O–H groups in total. The molecule has 0 atom stereocenters. The van der Waals surface area contributed by atoms with E-state index in [9.17, 15) is 0 Å². The second-order valence-corrected chi connectivity index (χ2v) is 5.10. The molecule has 0 radical (unpaired) electrons. The Balaban J connectivity index is -0.00000112. The smallest absolute Gasteiger partial charge is 0 e. The van der Waals surface area contributed by atoms with Crippen LogP contribution in [0.25, 0.3) is 0 Å². The summed E-state index contributed by atoms with van der Waals surface area (Å²) in [4.78, 5) is 0. The Bertz CT molecular complexity index is 104. The second-order valence-electron chi connectivity index (χ2n) is 5.10. The number of unbranched alkanes of at least 4 members (excludes halogenated alkanes) is 13. The maximum atomic E-state index is 3.87. The molecule has 0 spiro atoms. The van der Waals surface area contributed by atoms with Crippen LogP contribution in [0.5, 0.6) is 0 Å². The molecule has 0 saturated heterocycles. The molecule has 2 heteroatoms. The Hall–Kier alpha value is 1.10. The molecule has 108 valence electrons. The van der Waals surface area contributed by atoms with Crippen LogP contribution in [0.2, 0.25) is 0 Å². The second kappa shape index (κ2) is 23.2. The van der Waals surface area contributed by atoms with E-state index in [4.69, 9.17) is 0 Å². The molecule has 18 heavy (non-hydrogen) atoms. The zero-order valence-corrected chi connectivity index (χ0v) is 17.4. The van der Waals surface area contributed by atoms with Gasteiger partial charge in [0.2, 0.25) is 0 Å². The van der Waals surface area contributed by atoms with Crippen molar-refractivity contribution in [1.82, 2.24) is 0 Å². The van der Waals surface area contributed by atoms with E-state index in [-0.39, 0.29) is 36.5 Å². The summed E-state index contributed by atoms with van der Waals surface area (Å²) >= 11 is 0. The summed E-state index contributed by atoms with van der Waals surface area (Å²) in [6.45, 7) is 6.16. The van der Waals surface area contributed by atoms with Gasteiger partial charge < -0.3 is 6.92 Å². The molecule has 0 bridgehead atoms. The molecule has 0 aliphatic carbocycles. The summed E-state index contributed by atoms with van der Waals surface area (Å²) < 4.78 is 0. The van der Waals surface area contributed by atoms with Crippen molar-refractivity contribution < 1.29 is 19.5 Å². The average Bonchev–Trinajstić information content (AvgIpc) is 2.31. The van der Waals surface area contributed by atoms with Gasteiger partial charge in [-0.3, -0.25) is 0 Å². The summed E-state index contributed by atoms with van der Waals surface area (Å²) in [7, 11) is 0. The van der Waals surface area contributed by atoms with Crippen molar-refractivity contribution in [2.45, 2.75) is 96.8 Å². The van der Waals surface area contributed by atoms with E-state index in [1.54, 1.807) is 0 Å². The molecule has 0 unspecified atom stereocenters. The predicted octanol–water partition coefficient (Wildman–Crippen LogP) is 6.88. The Morgan fingerprint density at radius 2 is 0.833 bits per heavy atom. The third-order valence-corrected chi connectivity index (χ3v) is 3.35. The minimum atomic E-state index is 0. The monoisotopic (exact) mass is 369 g/mol. The van der Waals surface area contributed by atoms with Crippen molar-refractivity contribution in [3.05, 3.63) is 6.92 Å². The normalized spacial score (nSPS) is 9.67. The number of rotatable bonds is 13. The van der Waals surface area contributed by atoms with Crippen LogP contribution in [0.3, 0.4) is 0 Å². The van der Waals surface area contributed by atoms with Gasteiger partial charge in [0.25, 0.3) is 0 Å². The summed E-state index contributed by atoms with van der Waals surface area (Å²) in [6, 6.07) is 0. The summed E-state index contributed by atoms with van der Waals surface area (Å²) in [5, 5.41) is 0. The number of hydrogen-bond acceptors (Lipinski definition) is 0. The van der Waals surface area contributed by atoms with Gasteiger partial charge in [0.05, 0.1) is 0 Å². The minimum absolute atomic E-state index is 0. The Morgan fingerprint density at radius 1 is 0.556 bits per heavy atom. The zero-order valence-electron chi connectivity index (χ0n) is 12.7. The molecule has 0 heterocycles. The van der Waals surface area contributed by atoms with Crippen molar-refractivity contribution in [3.63, 3.8) is 0 Å². The summed E-state index contributed by atoms with van der Waals surface area (Å²) in [6.07, 6.45) is 19.8. The molecule has 0 aliphatic heterocycles. The van der Waals surface area contributed by atoms with Crippen molar-refractivity contribution in [1.29, 1.82) is 0 Å². The Kier molecular flexibility index (Phi) is 31.1. The first kappa shape index (κ1) is 24.1. The zero-order chi connectivity index (χ0) is 11.9. The largest absolute Gasteiger partial charge is 0.343 e. The van der Waals surface area contributed by atoms with Crippen LogP contribution in [-0.2, 0) is 19.5 Å². The fourth-order valence-electron chi connectivity index (χ4n) is 2.19. The molecule has 0 aromatic carbocycles. The maximum Gasteiger partial charge on any atom is 0 e. The standard InChI is InChI=1S/C16H33.BrH.Zn/c1-3-5-7-9-11-13-15-16-14-12-10-8-6-4-2;;/h1,3-16H2,2H3;1H;/q-1;;. The molecule has 0 aliphatic rings. The van der Waals surface area contributed by atoms with E-state index in [1.807, 2.05) is 0 Å². The molecule has 0 rings (SSSR count). The van der Waals surface area contributed by atoms with Crippen LogP contribution in [0.15, 0.2) is 0 Å². The maximum absolute atomic E-state index is 3.87. The SMILES string of the molecule is Br.[CH2-]CCCCCCCCCCCCCCC.[Zn]. The third kappa shape index (κ3) is 22.3. The van der Waals surface area contributed by atoms with Crippen LogP contribution in [0, 0.1) is 6.92 Å². The van der Waals surface area contributed by atoms with Gasteiger partial charge >= 0.3 is 0 Å². The van der Waals surface area contributed by atoms with Crippen LogP contribution in [0.4, 0.5) is 0 Å². The van der Waals surface area contributed by atoms with Gasteiger partial charge in [-0.05, 0) is 0 Å². The molecular weight excluding hydrogens is 337 g/mol. The summed E-state index contributed by atoms with van der Waals surface area (Å²) in [5.74, 6) is 0. The average molecular weight is 372 g/mol. The van der Waals surface area contributed by atoms with Gasteiger partial charge in [-0.25, -0.2) is 0 Å². The van der Waals surface area contributed by atoms with Crippen molar-refractivity contribution in [2.24, 2.45) is 0 Å². The third-order valence-electron chi connectivity index (χ3n) is 3.35. The molecule has 0 aromatic heterocycles. The predicted molar refractivity (Wildman–Crippen MR) is 86.0 cm³/mol. The van der Waals surface area contributed by atoms with Gasteiger partial charge in [-0.1, -0.05) is 90.4 Å². The number of hydrogen-bond donors (Lipinski definition) is 0. The minimum Gasteiger partial charge on any atom is -0.343 e. The Morgan fingerprint density at radius 3 is 1.11 bits per heavy atom. The fraction of sp³-hybridized carbons (Fsp3) is 0.938. The van der Waals surface area contributed by atoms with Crippen LogP contribution >= 0.6 is 17.0 Å². The molecular formula is C16H34BrZn-. The molecule has 0 fully saturated rings. The summed E-state index contributed by atoms with van der Waals surface area (Å²) in [5.41, 5.74) is 0. The van der Waals surface area contributed by atoms with E-state index in [0.29, 0.717) is 0 Å². The van der Waals surface area contributed by atoms with E-state index >= 15 is 0 Å². The quantitative estimate of drug-likeness (QED) is 0.188. The van der Waals surface area contributed by atoms with Crippen molar-refractivity contribution >= 4 is 17.0 Å². The van der Waals surface area contributed by atoms with E-state index in [0.717, 1.165) is 6.42 Å². The first-order chi connectivity index (χ1) is 7.91. The molecule has 0 aromatic rings. The van der Waals surface area contributed by atoms with Crippen molar-refractivity contribution in [2.75, 3.05) is 0 Å². The van der Waals surface area contributed by atoms with E-state index < -0.39 is 0 Å². The van der Waals surface area contributed by atoms with Crippen LogP contribution < -0.4 is 0 Å². The topological polar surface area (TPSA) is 0 Å². The molecule has 0 nitrogen and oxygen atoms in total. The molecule has 0 amide bonds. The number of halogens is 1. The fourth-order valence-corrected chi connectivity index (χ4v) is 2.19. The van der Waals surface area contributed by atoms with Crippen LogP contribution in [0.1, 0.15) is 96.8 Å². The van der Waals surface area contributed by atoms with Crippen molar-refractivity contribution in [3.8, 4) is 0 Å². The van der Waals surface area contributed by atoms with Gasteiger partial charge in [0.1, 0.15) is 0 Å². The van der Waals surface area contributed by atoms with Gasteiger partial charge in [-0.15, -0.1) is 17.0 Å². The first-order valence-electron chi connectivity index (χ1n) is 7.71. The van der Waals surface area contributed by atoms with Gasteiger partial charge in [0.15, 0.2) is 0 Å². The molecule has 0 saturated carbocycles.